The molecule has 2 heteroatoms. The van der Waals surface area contributed by atoms with Crippen molar-refractivity contribution in [2.75, 3.05) is 6.54 Å². The molecule has 0 heterocycles. The summed E-state index contributed by atoms with van der Waals surface area (Å²) in [5, 5.41) is 9.14. The molecule has 0 aliphatic heterocycles. The Kier molecular flexibility index (Phi) is 0.870. The molecule has 0 spiro atoms. The van der Waals surface area contributed by atoms with Crippen LogP contribution in [0.3, 0.4) is 0 Å². The summed E-state index contributed by atoms with van der Waals surface area (Å²) in [5.41, 5.74) is 6.07. The third kappa shape index (κ3) is 0.451. The van der Waals surface area contributed by atoms with Gasteiger partial charge in [-0.05, 0) is 31.2 Å². The number of nitrogens with two attached hydrogens (primary N) is 1. The van der Waals surface area contributed by atoms with E-state index in [-0.39, 0.29) is 5.41 Å². The Morgan fingerprint density at radius 3 is 2.30 bits per heavy atom. The van der Waals surface area contributed by atoms with Crippen LogP contribution >= 0.6 is 0 Å². The highest BCUT2D eigenvalue weighted by Gasteiger charge is 2.68. The summed E-state index contributed by atoms with van der Waals surface area (Å²) in [6, 6.07) is 0. The normalized spacial score (nSPS) is 49.3. The van der Waals surface area contributed by atoms with E-state index in [2.05, 4.69) is 6.58 Å². The van der Waals surface area contributed by atoms with Crippen molar-refractivity contribution in [2.45, 2.75) is 19.3 Å². The molecule has 0 aromatic carbocycles. The molecule has 0 atom stereocenters. The molecule has 0 unspecified atom stereocenters. The Morgan fingerprint density at radius 1 is 1.50 bits per heavy atom. The summed E-state index contributed by atoms with van der Waals surface area (Å²) >= 11 is 0. The van der Waals surface area contributed by atoms with E-state index in [4.69, 9.17) is 10.8 Å². The first kappa shape index (κ1) is 6.23. The highest BCUT2D eigenvalue weighted by atomic mass is 16.3. The highest BCUT2D eigenvalue weighted by Crippen LogP contribution is 2.74. The topological polar surface area (TPSA) is 46.2 Å². The summed E-state index contributed by atoms with van der Waals surface area (Å²) in [6.07, 6.45) is 3.23. The lowest BCUT2D eigenvalue weighted by Crippen LogP contribution is -2.65. The van der Waals surface area contributed by atoms with Gasteiger partial charge in [0.2, 0.25) is 0 Å². The minimum absolute atomic E-state index is 0.110. The summed E-state index contributed by atoms with van der Waals surface area (Å²) in [6.45, 7) is 4.35. The van der Waals surface area contributed by atoms with Crippen molar-refractivity contribution in [1.82, 2.24) is 0 Å². The van der Waals surface area contributed by atoms with Crippen LogP contribution in [-0.2, 0) is 0 Å². The van der Waals surface area contributed by atoms with Crippen LogP contribution in [0.5, 0.6) is 0 Å². The maximum atomic E-state index is 9.14. The molecule has 3 rings (SSSR count). The van der Waals surface area contributed by atoms with Crippen molar-refractivity contribution >= 4 is 0 Å². The van der Waals surface area contributed by atoms with E-state index in [0.717, 1.165) is 25.8 Å². The van der Waals surface area contributed by atoms with Crippen LogP contribution in [0.1, 0.15) is 19.3 Å². The SMILES string of the molecule is C=C(O)C12CC(CN)(C1)C2. The summed E-state index contributed by atoms with van der Waals surface area (Å²) < 4.78 is 0. The van der Waals surface area contributed by atoms with Gasteiger partial charge < -0.3 is 10.8 Å². The van der Waals surface area contributed by atoms with Gasteiger partial charge in [0.05, 0.1) is 5.76 Å². The lowest BCUT2D eigenvalue weighted by atomic mass is 9.35. The monoisotopic (exact) mass is 139 g/mol. The summed E-state index contributed by atoms with van der Waals surface area (Å²) in [4.78, 5) is 0. The Balaban J connectivity index is 2.04. The van der Waals surface area contributed by atoms with E-state index >= 15 is 0 Å². The first-order chi connectivity index (χ1) is 4.63. The molecule has 3 fully saturated rings. The maximum absolute atomic E-state index is 9.14. The summed E-state index contributed by atoms with van der Waals surface area (Å²) in [5.74, 6) is 0.378. The molecule has 56 valence electrons. The molecular weight excluding hydrogens is 126 g/mol. The third-order valence-corrected chi connectivity index (χ3v) is 3.19. The molecule has 3 aliphatic rings. The molecule has 0 saturated heterocycles. The van der Waals surface area contributed by atoms with Crippen LogP contribution in [0, 0.1) is 10.8 Å². The van der Waals surface area contributed by atoms with Crippen LogP contribution < -0.4 is 5.73 Å². The second kappa shape index (κ2) is 1.40. The van der Waals surface area contributed by atoms with Gasteiger partial charge in [0.1, 0.15) is 0 Å². The van der Waals surface area contributed by atoms with E-state index in [1.165, 1.54) is 0 Å². The molecule has 0 radical (unpaired) electrons. The first-order valence-electron chi connectivity index (χ1n) is 3.71. The van der Waals surface area contributed by atoms with E-state index in [0.29, 0.717) is 11.2 Å². The van der Waals surface area contributed by atoms with Gasteiger partial charge in [-0.15, -0.1) is 0 Å². The predicted molar refractivity (Wildman–Crippen MR) is 39.5 cm³/mol. The Hall–Kier alpha value is -0.500. The van der Waals surface area contributed by atoms with Crippen molar-refractivity contribution in [3.05, 3.63) is 12.3 Å². The minimum atomic E-state index is 0.110. The average molecular weight is 139 g/mol. The molecule has 3 aliphatic carbocycles. The third-order valence-electron chi connectivity index (χ3n) is 3.19. The molecule has 2 nitrogen and oxygen atoms in total. The van der Waals surface area contributed by atoms with Gasteiger partial charge in [-0.1, -0.05) is 6.58 Å². The van der Waals surface area contributed by atoms with Gasteiger partial charge >= 0.3 is 0 Å². The quantitative estimate of drug-likeness (QED) is 0.564. The number of aliphatic hydroxyl groups excluding tert-OH is 1. The van der Waals surface area contributed by atoms with Gasteiger partial charge in [-0.25, -0.2) is 0 Å². The molecule has 10 heavy (non-hydrogen) atoms. The standard InChI is InChI=1S/C8H13NO/c1-6(10)8-2-7(3-8,4-8)5-9/h10H,1-5,9H2. The van der Waals surface area contributed by atoms with Crippen molar-refractivity contribution in [3.8, 4) is 0 Å². The molecule has 2 bridgehead atoms. The van der Waals surface area contributed by atoms with E-state index < -0.39 is 0 Å². The Morgan fingerprint density at radius 2 is 2.00 bits per heavy atom. The molecular formula is C8H13NO. The van der Waals surface area contributed by atoms with Crippen molar-refractivity contribution in [2.24, 2.45) is 16.6 Å². The largest absolute Gasteiger partial charge is 0.512 e. The molecule has 3 N–H and O–H groups in total. The lowest BCUT2D eigenvalue weighted by Gasteiger charge is -2.70. The van der Waals surface area contributed by atoms with E-state index in [9.17, 15) is 0 Å². The van der Waals surface area contributed by atoms with Crippen LogP contribution in [0.2, 0.25) is 0 Å². The second-order valence-corrected chi connectivity index (χ2v) is 3.96. The zero-order chi connectivity index (χ0) is 7.41. The smallest absolute Gasteiger partial charge is 0.0913 e. The molecule has 3 saturated carbocycles. The van der Waals surface area contributed by atoms with E-state index in [1.54, 1.807) is 0 Å². The Labute approximate surface area is 60.7 Å². The lowest BCUT2D eigenvalue weighted by molar-refractivity contribution is -0.186. The predicted octanol–water partition coefficient (Wildman–Crippen LogP) is 1.19. The Bertz CT molecular complexity index is 178. The van der Waals surface area contributed by atoms with Crippen LogP contribution in [0.25, 0.3) is 0 Å². The maximum Gasteiger partial charge on any atom is 0.0913 e. The zero-order valence-corrected chi connectivity index (χ0v) is 6.06. The van der Waals surface area contributed by atoms with E-state index in [1.807, 2.05) is 0 Å². The first-order valence-corrected chi connectivity index (χ1v) is 3.71. The highest BCUT2D eigenvalue weighted by molar-refractivity contribution is 5.26. The fourth-order valence-electron chi connectivity index (χ4n) is 2.52. The number of rotatable bonds is 2. The van der Waals surface area contributed by atoms with Gasteiger partial charge in [0.25, 0.3) is 0 Å². The van der Waals surface area contributed by atoms with Crippen LogP contribution in [0.15, 0.2) is 12.3 Å². The van der Waals surface area contributed by atoms with Crippen LogP contribution in [-0.4, -0.2) is 11.7 Å². The summed E-state index contributed by atoms with van der Waals surface area (Å²) in [7, 11) is 0. The van der Waals surface area contributed by atoms with Gasteiger partial charge in [-0.3, -0.25) is 0 Å². The minimum Gasteiger partial charge on any atom is -0.512 e. The zero-order valence-electron chi connectivity index (χ0n) is 6.06. The number of hydrogen-bond acceptors (Lipinski definition) is 2. The average Bonchev–Trinajstić information content (AvgIpc) is 1.57. The molecule has 0 aromatic heterocycles. The fourth-order valence-corrected chi connectivity index (χ4v) is 2.52. The van der Waals surface area contributed by atoms with Crippen molar-refractivity contribution in [1.29, 1.82) is 0 Å². The number of aliphatic hydroxyl groups is 1. The van der Waals surface area contributed by atoms with Gasteiger partial charge in [0.15, 0.2) is 0 Å². The molecule has 0 aromatic rings. The number of hydrogen-bond donors (Lipinski definition) is 2. The second-order valence-electron chi connectivity index (χ2n) is 3.96. The fraction of sp³-hybridized carbons (Fsp3) is 0.750. The van der Waals surface area contributed by atoms with Gasteiger partial charge in [-0.2, -0.15) is 0 Å². The van der Waals surface area contributed by atoms with Crippen molar-refractivity contribution < 1.29 is 5.11 Å². The molecule has 0 amide bonds. The van der Waals surface area contributed by atoms with Crippen molar-refractivity contribution in [3.63, 3.8) is 0 Å². The number of allylic oxidation sites excluding steroid dienone is 1. The van der Waals surface area contributed by atoms with Gasteiger partial charge in [0, 0.05) is 5.41 Å². The van der Waals surface area contributed by atoms with Crippen LogP contribution in [0.4, 0.5) is 0 Å².